The van der Waals surface area contributed by atoms with Gasteiger partial charge in [0.2, 0.25) is 0 Å². The van der Waals surface area contributed by atoms with E-state index in [4.69, 9.17) is 11.6 Å². The van der Waals surface area contributed by atoms with E-state index in [9.17, 15) is 14.4 Å². The molecule has 2 fully saturated rings. The molecule has 8 heteroatoms. The highest BCUT2D eigenvalue weighted by atomic mass is 35.5. The third-order valence-corrected chi connectivity index (χ3v) is 7.25. The van der Waals surface area contributed by atoms with Gasteiger partial charge in [0.1, 0.15) is 0 Å². The zero-order chi connectivity index (χ0) is 22.9. The predicted molar refractivity (Wildman–Crippen MR) is 129 cm³/mol. The standard InChI is InChI=1S/C25H27ClN4O3/c26-21-8-7-17(16-30-22-6-2-1-5-19(22)23(31)27-25(30)33)15-20(21)24(32)29-13-9-18(10-14-29)28-11-3-4-12-28/h1-2,5-8,15,18H,3-4,9-14,16H2,(H,27,31,33). The Labute approximate surface area is 196 Å². The normalized spacial score (nSPS) is 17.7. The first-order chi connectivity index (χ1) is 16.0. The summed E-state index contributed by atoms with van der Waals surface area (Å²) in [6.45, 7) is 4.02. The molecule has 0 unspecified atom stereocenters. The molecule has 0 aliphatic carbocycles. The summed E-state index contributed by atoms with van der Waals surface area (Å²) in [5.41, 5.74) is 0.893. The van der Waals surface area contributed by atoms with Crippen LogP contribution in [-0.4, -0.2) is 57.5 Å². The second-order valence-electron chi connectivity index (χ2n) is 8.94. The molecule has 3 aromatic rings. The number of aromatic amines is 1. The van der Waals surface area contributed by atoms with Gasteiger partial charge in [-0.1, -0.05) is 29.8 Å². The van der Waals surface area contributed by atoms with Crippen LogP contribution < -0.4 is 11.2 Å². The van der Waals surface area contributed by atoms with Crippen molar-refractivity contribution in [2.75, 3.05) is 26.2 Å². The van der Waals surface area contributed by atoms with E-state index in [0.29, 0.717) is 27.5 Å². The van der Waals surface area contributed by atoms with Crippen LogP contribution in [0, 0.1) is 0 Å². The van der Waals surface area contributed by atoms with E-state index in [-0.39, 0.29) is 12.5 Å². The van der Waals surface area contributed by atoms with Gasteiger partial charge in [0.15, 0.2) is 0 Å². The maximum Gasteiger partial charge on any atom is 0.329 e. The summed E-state index contributed by atoms with van der Waals surface area (Å²) in [5, 5.41) is 0.854. The maximum absolute atomic E-state index is 13.3. The van der Waals surface area contributed by atoms with Crippen LogP contribution in [0.3, 0.4) is 0 Å². The number of hydrogen-bond acceptors (Lipinski definition) is 4. The molecule has 2 saturated heterocycles. The van der Waals surface area contributed by atoms with Crippen molar-refractivity contribution < 1.29 is 4.79 Å². The number of piperidine rings is 1. The summed E-state index contributed by atoms with van der Waals surface area (Å²) in [6, 6.07) is 12.8. The fraction of sp³-hybridized carbons (Fsp3) is 0.400. The van der Waals surface area contributed by atoms with Crippen LogP contribution in [0.4, 0.5) is 0 Å². The molecule has 172 valence electrons. The molecule has 0 spiro atoms. The van der Waals surface area contributed by atoms with Gasteiger partial charge >= 0.3 is 5.69 Å². The SMILES string of the molecule is O=C(c1cc(Cn2c(=O)[nH]c(=O)c3ccccc32)ccc1Cl)N1CCC(N2CCCC2)CC1. The molecule has 5 rings (SSSR count). The number of amides is 1. The lowest BCUT2D eigenvalue weighted by Crippen LogP contribution is -2.46. The highest BCUT2D eigenvalue weighted by Gasteiger charge is 2.29. The van der Waals surface area contributed by atoms with Gasteiger partial charge in [-0.3, -0.25) is 19.1 Å². The molecule has 2 aliphatic heterocycles. The van der Waals surface area contributed by atoms with Crippen molar-refractivity contribution in [3.05, 3.63) is 79.5 Å². The molecule has 1 aromatic heterocycles. The Morgan fingerprint density at radius 2 is 1.73 bits per heavy atom. The van der Waals surface area contributed by atoms with Crippen molar-refractivity contribution >= 4 is 28.4 Å². The minimum Gasteiger partial charge on any atom is -0.338 e. The Morgan fingerprint density at radius 1 is 1.00 bits per heavy atom. The number of hydrogen-bond donors (Lipinski definition) is 1. The number of H-pyrrole nitrogens is 1. The van der Waals surface area contributed by atoms with Gasteiger partial charge in [0, 0.05) is 19.1 Å². The van der Waals surface area contributed by atoms with E-state index in [0.717, 1.165) is 31.5 Å². The molecule has 1 N–H and O–H groups in total. The number of para-hydroxylation sites is 1. The lowest BCUT2D eigenvalue weighted by atomic mass is 10.0. The van der Waals surface area contributed by atoms with E-state index < -0.39 is 11.2 Å². The Bertz CT molecular complexity index is 1300. The predicted octanol–water partition coefficient (Wildman–Crippen LogP) is 3.09. The van der Waals surface area contributed by atoms with Gasteiger partial charge in [0.05, 0.1) is 28.0 Å². The van der Waals surface area contributed by atoms with Crippen LogP contribution >= 0.6 is 11.6 Å². The third-order valence-electron chi connectivity index (χ3n) is 6.92. The van der Waals surface area contributed by atoms with Crippen molar-refractivity contribution in [2.45, 2.75) is 38.3 Å². The van der Waals surface area contributed by atoms with Crippen LogP contribution in [0.2, 0.25) is 5.02 Å². The minimum absolute atomic E-state index is 0.0691. The lowest BCUT2D eigenvalue weighted by Gasteiger charge is -2.36. The van der Waals surface area contributed by atoms with Gasteiger partial charge in [0.25, 0.3) is 11.5 Å². The third kappa shape index (κ3) is 4.35. The van der Waals surface area contributed by atoms with Gasteiger partial charge in [-0.05, 0) is 68.6 Å². The number of carbonyl (C=O) groups excluding carboxylic acids is 1. The molecule has 0 atom stereocenters. The van der Waals surface area contributed by atoms with E-state index in [1.165, 1.54) is 30.5 Å². The lowest BCUT2D eigenvalue weighted by molar-refractivity contribution is 0.0644. The second-order valence-corrected chi connectivity index (χ2v) is 9.35. The molecule has 2 aliphatic rings. The van der Waals surface area contributed by atoms with Gasteiger partial charge < -0.3 is 9.80 Å². The number of fused-ring (bicyclic) bond motifs is 1. The quantitative estimate of drug-likeness (QED) is 0.641. The van der Waals surface area contributed by atoms with E-state index in [1.54, 1.807) is 36.4 Å². The number of benzene rings is 2. The number of likely N-dealkylation sites (tertiary alicyclic amines) is 2. The number of carbonyl (C=O) groups is 1. The van der Waals surface area contributed by atoms with Crippen molar-refractivity contribution in [1.82, 2.24) is 19.4 Å². The largest absolute Gasteiger partial charge is 0.338 e. The number of aromatic nitrogens is 2. The zero-order valence-electron chi connectivity index (χ0n) is 18.4. The molecule has 7 nitrogen and oxygen atoms in total. The van der Waals surface area contributed by atoms with Crippen molar-refractivity contribution in [3.8, 4) is 0 Å². The smallest absolute Gasteiger partial charge is 0.329 e. The number of rotatable bonds is 4. The fourth-order valence-corrected chi connectivity index (χ4v) is 5.33. The first-order valence-electron chi connectivity index (χ1n) is 11.5. The molecule has 0 radical (unpaired) electrons. The van der Waals surface area contributed by atoms with Gasteiger partial charge in [-0.15, -0.1) is 0 Å². The van der Waals surface area contributed by atoms with Crippen LogP contribution in [0.1, 0.15) is 41.6 Å². The van der Waals surface area contributed by atoms with Crippen LogP contribution in [0.25, 0.3) is 10.9 Å². The van der Waals surface area contributed by atoms with Crippen LogP contribution in [0.15, 0.2) is 52.1 Å². The maximum atomic E-state index is 13.3. The van der Waals surface area contributed by atoms with E-state index in [1.807, 2.05) is 11.0 Å². The van der Waals surface area contributed by atoms with Crippen molar-refractivity contribution in [3.63, 3.8) is 0 Å². The molecule has 33 heavy (non-hydrogen) atoms. The van der Waals surface area contributed by atoms with Crippen molar-refractivity contribution in [1.29, 1.82) is 0 Å². The Hall–Kier alpha value is -2.90. The topological polar surface area (TPSA) is 78.4 Å². The van der Waals surface area contributed by atoms with Gasteiger partial charge in [-0.2, -0.15) is 0 Å². The monoisotopic (exact) mass is 466 g/mol. The van der Waals surface area contributed by atoms with Crippen LogP contribution in [-0.2, 0) is 6.54 Å². The van der Waals surface area contributed by atoms with E-state index >= 15 is 0 Å². The van der Waals surface area contributed by atoms with Crippen molar-refractivity contribution in [2.24, 2.45) is 0 Å². The Balaban J connectivity index is 1.37. The number of halogens is 1. The fourth-order valence-electron chi connectivity index (χ4n) is 5.13. The number of nitrogens with one attached hydrogen (secondary N) is 1. The molecule has 0 saturated carbocycles. The molecule has 3 heterocycles. The summed E-state index contributed by atoms with van der Waals surface area (Å²) in [5.74, 6) is -0.0691. The van der Waals surface area contributed by atoms with E-state index in [2.05, 4.69) is 9.88 Å². The molecular weight excluding hydrogens is 440 g/mol. The highest BCUT2D eigenvalue weighted by molar-refractivity contribution is 6.33. The van der Waals surface area contributed by atoms with Gasteiger partial charge in [-0.25, -0.2) is 4.79 Å². The Kier molecular flexibility index (Phi) is 6.08. The minimum atomic E-state index is -0.481. The average molecular weight is 467 g/mol. The first-order valence-corrected chi connectivity index (χ1v) is 11.9. The molecule has 0 bridgehead atoms. The number of nitrogens with zero attached hydrogens (tertiary/aromatic N) is 3. The summed E-state index contributed by atoms with van der Waals surface area (Å²) in [6.07, 6.45) is 4.52. The summed E-state index contributed by atoms with van der Waals surface area (Å²) >= 11 is 6.42. The molecular formula is C25H27ClN4O3. The summed E-state index contributed by atoms with van der Waals surface area (Å²) in [7, 11) is 0. The van der Waals surface area contributed by atoms with Crippen LogP contribution in [0.5, 0.6) is 0 Å². The molecule has 2 aromatic carbocycles. The summed E-state index contributed by atoms with van der Waals surface area (Å²) < 4.78 is 1.51. The zero-order valence-corrected chi connectivity index (χ0v) is 19.2. The first kappa shape index (κ1) is 21.9. The average Bonchev–Trinajstić information content (AvgIpc) is 3.37. The summed E-state index contributed by atoms with van der Waals surface area (Å²) in [4.78, 5) is 44.8. The highest BCUT2D eigenvalue weighted by Crippen LogP contribution is 2.25. The molecule has 1 amide bonds. The second kappa shape index (κ2) is 9.15. The Morgan fingerprint density at radius 3 is 2.48 bits per heavy atom.